The van der Waals surface area contributed by atoms with Crippen molar-refractivity contribution in [1.82, 2.24) is 0 Å². The van der Waals surface area contributed by atoms with Crippen molar-refractivity contribution in [2.24, 2.45) is 10.2 Å². The van der Waals surface area contributed by atoms with Gasteiger partial charge in [0, 0.05) is 13.0 Å². The van der Waals surface area contributed by atoms with E-state index in [9.17, 15) is 18.0 Å². The maximum Gasteiger partial charge on any atom is 0.451 e. The molecule has 9 heteroatoms. The van der Waals surface area contributed by atoms with Crippen LogP contribution in [0.15, 0.2) is 39.9 Å². The normalized spacial score (nSPS) is 15.2. The molecule has 0 unspecified atom stereocenters. The van der Waals surface area contributed by atoms with Gasteiger partial charge in [0.15, 0.2) is 23.0 Å². The zero-order valence-electron chi connectivity index (χ0n) is 10.6. The van der Waals surface area contributed by atoms with Crippen LogP contribution >= 0.6 is 0 Å². The molecule has 0 atom stereocenters. The predicted molar refractivity (Wildman–Crippen MR) is 63.5 cm³/mol. The summed E-state index contributed by atoms with van der Waals surface area (Å²) in [5.74, 6) is -2.32. The summed E-state index contributed by atoms with van der Waals surface area (Å²) in [6.07, 6.45) is -5.07. The number of aliphatic hydroxyl groups is 1. The lowest BCUT2D eigenvalue weighted by atomic mass is 10.2. The maximum absolute atomic E-state index is 12.4. The molecule has 1 aromatic rings. The summed E-state index contributed by atoms with van der Waals surface area (Å²) >= 11 is 0. The molecule has 112 valence electrons. The van der Waals surface area contributed by atoms with Gasteiger partial charge in [0.1, 0.15) is 0 Å². The van der Waals surface area contributed by atoms with Gasteiger partial charge in [-0.2, -0.15) is 18.3 Å². The average molecular weight is 302 g/mol. The van der Waals surface area contributed by atoms with E-state index in [4.69, 9.17) is 14.6 Å². The van der Waals surface area contributed by atoms with Crippen LogP contribution in [0.5, 0.6) is 11.5 Å². The second kappa shape index (κ2) is 5.43. The first-order valence-electron chi connectivity index (χ1n) is 5.62. The molecule has 21 heavy (non-hydrogen) atoms. The van der Waals surface area contributed by atoms with Gasteiger partial charge in [-0.15, -0.1) is 5.11 Å². The number of ether oxygens (including phenoxy) is 2. The van der Waals surface area contributed by atoms with Crippen LogP contribution in [0.4, 0.5) is 18.9 Å². The van der Waals surface area contributed by atoms with E-state index in [1.54, 1.807) is 0 Å². The predicted octanol–water partition coefficient (Wildman–Crippen LogP) is 3.42. The molecular weight excluding hydrogens is 293 g/mol. The first-order valence-corrected chi connectivity index (χ1v) is 5.62. The van der Waals surface area contributed by atoms with E-state index >= 15 is 0 Å². The number of alkyl halides is 3. The number of carbonyl (C=O) groups excluding carboxylic acids is 1. The first kappa shape index (κ1) is 14.8. The minimum atomic E-state index is -5.07. The second-order valence-electron chi connectivity index (χ2n) is 3.99. The van der Waals surface area contributed by atoms with Crippen molar-refractivity contribution in [1.29, 1.82) is 0 Å². The zero-order chi connectivity index (χ0) is 15.6. The van der Waals surface area contributed by atoms with E-state index in [0.717, 1.165) is 6.92 Å². The number of azo groups is 1. The fourth-order valence-electron chi connectivity index (χ4n) is 1.47. The topological polar surface area (TPSA) is 80.5 Å². The number of ketones is 1. The van der Waals surface area contributed by atoms with Gasteiger partial charge in [0.25, 0.3) is 0 Å². The summed E-state index contributed by atoms with van der Waals surface area (Å²) in [6, 6.07) is 4.30. The smallest absolute Gasteiger partial charge is 0.451 e. The van der Waals surface area contributed by atoms with Crippen molar-refractivity contribution >= 4 is 11.5 Å². The van der Waals surface area contributed by atoms with Crippen LogP contribution in [-0.4, -0.2) is 23.9 Å². The van der Waals surface area contributed by atoms with Crippen molar-refractivity contribution < 1.29 is 32.5 Å². The Hall–Kier alpha value is -2.58. The summed E-state index contributed by atoms with van der Waals surface area (Å²) in [6.45, 7) is 0.874. The highest BCUT2D eigenvalue weighted by molar-refractivity contribution is 5.93. The van der Waals surface area contributed by atoms with E-state index in [0.29, 0.717) is 11.5 Å². The molecule has 0 spiro atoms. The Labute approximate surface area is 116 Å². The van der Waals surface area contributed by atoms with E-state index in [1.165, 1.54) is 18.2 Å². The number of carbonyl (C=O) groups is 1. The third-order valence-corrected chi connectivity index (χ3v) is 2.45. The molecule has 0 radical (unpaired) electrons. The van der Waals surface area contributed by atoms with E-state index in [2.05, 4.69) is 10.2 Å². The van der Waals surface area contributed by atoms with Gasteiger partial charge in [-0.05, 0) is 12.1 Å². The molecule has 1 N–H and O–H groups in total. The van der Waals surface area contributed by atoms with Crippen molar-refractivity contribution in [2.45, 2.75) is 13.1 Å². The lowest BCUT2D eigenvalue weighted by Gasteiger charge is -2.06. The van der Waals surface area contributed by atoms with Gasteiger partial charge < -0.3 is 14.6 Å². The minimum absolute atomic E-state index is 0.0311. The molecule has 0 aromatic heterocycles. The van der Waals surface area contributed by atoms with Crippen LogP contribution in [0.1, 0.15) is 6.92 Å². The van der Waals surface area contributed by atoms with Crippen molar-refractivity contribution in [2.75, 3.05) is 6.79 Å². The molecule has 1 heterocycles. The first-order chi connectivity index (χ1) is 9.79. The van der Waals surface area contributed by atoms with E-state index < -0.39 is 23.4 Å². The Balaban J connectivity index is 2.31. The number of fused-ring (bicyclic) bond motifs is 1. The van der Waals surface area contributed by atoms with Gasteiger partial charge in [0.2, 0.25) is 12.6 Å². The Morgan fingerprint density at radius 1 is 1.29 bits per heavy atom. The maximum atomic E-state index is 12.4. The van der Waals surface area contributed by atoms with Crippen LogP contribution in [0.25, 0.3) is 0 Å². The summed E-state index contributed by atoms with van der Waals surface area (Å²) in [7, 11) is 0. The third kappa shape index (κ3) is 3.30. The van der Waals surface area contributed by atoms with Gasteiger partial charge in [0.05, 0.1) is 5.69 Å². The molecule has 1 aliphatic heterocycles. The summed E-state index contributed by atoms with van der Waals surface area (Å²) in [5, 5.41) is 15.6. The largest absolute Gasteiger partial charge is 0.503 e. The number of aliphatic hydroxyl groups excluding tert-OH is 1. The number of hydrogen-bond acceptors (Lipinski definition) is 6. The minimum Gasteiger partial charge on any atom is -0.503 e. The zero-order valence-corrected chi connectivity index (χ0v) is 10.6. The molecule has 0 amide bonds. The van der Waals surface area contributed by atoms with Crippen LogP contribution in [0, 0.1) is 0 Å². The SMILES string of the molecule is CC(=O)/C(N=Nc1ccc2c(c1)OCO2)=C(\O)C(F)(F)F. The quantitative estimate of drug-likeness (QED) is 0.527. The molecule has 0 fully saturated rings. The number of Topliss-reactive ketones (excluding diaryl/α,β-unsaturated/α-hetero) is 1. The third-order valence-electron chi connectivity index (χ3n) is 2.45. The van der Waals surface area contributed by atoms with Gasteiger partial charge in [-0.25, -0.2) is 0 Å². The monoisotopic (exact) mass is 302 g/mol. The van der Waals surface area contributed by atoms with Crippen LogP contribution in [0.2, 0.25) is 0 Å². The van der Waals surface area contributed by atoms with E-state index in [1.807, 2.05) is 0 Å². The molecule has 2 rings (SSSR count). The highest BCUT2D eigenvalue weighted by atomic mass is 19.4. The van der Waals surface area contributed by atoms with Crippen LogP contribution < -0.4 is 9.47 Å². The van der Waals surface area contributed by atoms with Crippen LogP contribution in [0.3, 0.4) is 0 Å². The van der Waals surface area contributed by atoms with Crippen molar-refractivity contribution in [3.8, 4) is 11.5 Å². The summed E-state index contributed by atoms with van der Waals surface area (Å²) in [4.78, 5) is 11.1. The standard InChI is InChI=1S/C12H9F3N2O4/c1-6(18)10(11(19)12(13,14)15)17-16-7-2-3-8-9(4-7)21-5-20-8/h2-4,19H,5H2,1H3/b11-10+,17-16?. The molecule has 1 aromatic carbocycles. The number of benzene rings is 1. The summed E-state index contributed by atoms with van der Waals surface area (Å²) in [5.41, 5.74) is -1.02. The molecule has 1 aliphatic rings. The van der Waals surface area contributed by atoms with Gasteiger partial charge >= 0.3 is 6.18 Å². The molecule has 0 bridgehead atoms. The Morgan fingerprint density at radius 3 is 2.57 bits per heavy atom. The number of nitrogens with zero attached hydrogens (tertiary/aromatic N) is 2. The fourth-order valence-corrected chi connectivity index (χ4v) is 1.47. The molecular formula is C12H9F3N2O4. The number of rotatable bonds is 3. The molecule has 0 saturated carbocycles. The second-order valence-corrected chi connectivity index (χ2v) is 3.99. The summed E-state index contributed by atoms with van der Waals surface area (Å²) < 4.78 is 47.2. The van der Waals surface area contributed by atoms with Gasteiger partial charge in [-0.3, -0.25) is 4.79 Å². The van der Waals surface area contributed by atoms with Crippen LogP contribution in [-0.2, 0) is 4.79 Å². The average Bonchev–Trinajstić information content (AvgIpc) is 2.84. The fraction of sp³-hybridized carbons (Fsp3) is 0.250. The molecule has 0 saturated heterocycles. The number of allylic oxidation sites excluding steroid dienone is 2. The van der Waals surface area contributed by atoms with Crippen molar-refractivity contribution in [3.05, 3.63) is 29.7 Å². The molecule has 0 aliphatic carbocycles. The number of halogens is 3. The molecule has 6 nitrogen and oxygen atoms in total. The van der Waals surface area contributed by atoms with E-state index in [-0.39, 0.29) is 12.5 Å². The lowest BCUT2D eigenvalue weighted by Crippen LogP contribution is -2.16. The Kier molecular flexibility index (Phi) is 3.83. The lowest BCUT2D eigenvalue weighted by molar-refractivity contribution is -0.126. The van der Waals surface area contributed by atoms with Crippen molar-refractivity contribution in [3.63, 3.8) is 0 Å². The highest BCUT2D eigenvalue weighted by Crippen LogP contribution is 2.35. The Bertz CT molecular complexity index is 638. The Morgan fingerprint density at radius 2 is 1.95 bits per heavy atom. The highest BCUT2D eigenvalue weighted by Gasteiger charge is 2.38. The van der Waals surface area contributed by atoms with Gasteiger partial charge in [-0.1, -0.05) is 0 Å². The number of hydrogen-bond donors (Lipinski definition) is 1.